The van der Waals surface area contributed by atoms with E-state index in [1.54, 1.807) is 0 Å². The van der Waals surface area contributed by atoms with Gasteiger partial charge in [-0.2, -0.15) is 0 Å². The quantitative estimate of drug-likeness (QED) is 0.726. The minimum Gasteiger partial charge on any atom is -0.342 e. The van der Waals surface area contributed by atoms with E-state index < -0.39 is 0 Å². The number of rotatable bonds is 2. The smallest absolute Gasteiger partial charge is 0.107 e. The molecule has 1 N–H and O–H groups in total. The van der Waals surface area contributed by atoms with Crippen LogP contribution in [0.2, 0.25) is 0 Å². The number of hydrogen-bond acceptors (Lipinski definition) is 2. The normalized spacial score (nSPS) is 11.4. The predicted octanol–water partition coefficient (Wildman–Crippen LogP) is 3.05. The van der Waals surface area contributed by atoms with Gasteiger partial charge in [0, 0.05) is 11.3 Å². The van der Waals surface area contributed by atoms with Crippen LogP contribution in [0.3, 0.4) is 0 Å². The summed E-state index contributed by atoms with van der Waals surface area (Å²) >= 11 is 4.29. The summed E-state index contributed by atoms with van der Waals surface area (Å²) in [5.41, 5.74) is 2.10. The predicted molar refractivity (Wildman–Crippen MR) is 61.9 cm³/mol. The Morgan fingerprint density at radius 2 is 2.21 bits per heavy atom. The van der Waals surface area contributed by atoms with Gasteiger partial charge in [0.2, 0.25) is 0 Å². The van der Waals surface area contributed by atoms with Crippen LogP contribution in [0.4, 0.5) is 0 Å². The van der Waals surface area contributed by atoms with E-state index >= 15 is 0 Å². The summed E-state index contributed by atoms with van der Waals surface area (Å²) in [6, 6.07) is 5.97. The summed E-state index contributed by atoms with van der Waals surface area (Å²) < 4.78 is 0. The van der Waals surface area contributed by atoms with Gasteiger partial charge >= 0.3 is 0 Å². The average Bonchev–Trinajstić information content (AvgIpc) is 2.44. The molecule has 2 aromatic rings. The number of H-pyrrole nitrogens is 1. The van der Waals surface area contributed by atoms with E-state index in [2.05, 4.69) is 36.4 Å². The maximum absolute atomic E-state index is 4.50. The molecule has 0 atom stereocenters. The molecule has 1 heterocycles. The van der Waals surface area contributed by atoms with Crippen LogP contribution in [0.1, 0.15) is 19.7 Å². The first-order valence-electron chi connectivity index (χ1n) is 4.83. The van der Waals surface area contributed by atoms with Gasteiger partial charge in [-0.05, 0) is 24.1 Å². The lowest BCUT2D eigenvalue weighted by molar-refractivity contribution is 0.627. The summed E-state index contributed by atoms with van der Waals surface area (Å²) in [7, 11) is 0. The first-order chi connectivity index (χ1) is 6.65. The van der Waals surface area contributed by atoms with Gasteiger partial charge in [0.25, 0.3) is 0 Å². The van der Waals surface area contributed by atoms with Crippen LogP contribution in [-0.4, -0.2) is 9.97 Å². The van der Waals surface area contributed by atoms with Crippen LogP contribution in [0.15, 0.2) is 23.1 Å². The Morgan fingerprint density at radius 1 is 1.43 bits per heavy atom. The highest BCUT2D eigenvalue weighted by Gasteiger charge is 2.04. The Morgan fingerprint density at radius 3 is 2.93 bits per heavy atom. The fourth-order valence-corrected chi connectivity index (χ4v) is 1.74. The molecule has 0 amide bonds. The van der Waals surface area contributed by atoms with E-state index in [0.29, 0.717) is 5.92 Å². The maximum Gasteiger partial charge on any atom is 0.107 e. The third-order valence-corrected chi connectivity index (χ3v) is 2.39. The molecule has 74 valence electrons. The molecule has 0 bridgehead atoms. The van der Waals surface area contributed by atoms with E-state index in [0.717, 1.165) is 28.2 Å². The molecular formula is C11H14N2S. The van der Waals surface area contributed by atoms with E-state index in [9.17, 15) is 0 Å². The second-order valence-corrected chi connectivity index (χ2v) is 4.50. The van der Waals surface area contributed by atoms with Crippen LogP contribution in [0, 0.1) is 5.92 Å². The molecule has 14 heavy (non-hydrogen) atoms. The van der Waals surface area contributed by atoms with Crippen molar-refractivity contribution in [2.75, 3.05) is 0 Å². The molecule has 0 aliphatic rings. The first kappa shape index (κ1) is 9.59. The average molecular weight is 206 g/mol. The van der Waals surface area contributed by atoms with Crippen molar-refractivity contribution >= 4 is 23.7 Å². The first-order valence-corrected chi connectivity index (χ1v) is 5.27. The van der Waals surface area contributed by atoms with Gasteiger partial charge in [0.05, 0.1) is 11.0 Å². The SMILES string of the molecule is CC(C)Cc1nc2ccc(S)cc2[nH]1. The van der Waals surface area contributed by atoms with Crippen LogP contribution in [0.5, 0.6) is 0 Å². The lowest BCUT2D eigenvalue weighted by Crippen LogP contribution is -1.95. The van der Waals surface area contributed by atoms with Gasteiger partial charge in [-0.3, -0.25) is 0 Å². The van der Waals surface area contributed by atoms with Crippen molar-refractivity contribution < 1.29 is 0 Å². The van der Waals surface area contributed by atoms with Gasteiger partial charge in [0.15, 0.2) is 0 Å². The van der Waals surface area contributed by atoms with Crippen molar-refractivity contribution in [3.05, 3.63) is 24.0 Å². The lowest BCUT2D eigenvalue weighted by atomic mass is 10.1. The van der Waals surface area contributed by atoms with Crippen LogP contribution in [0.25, 0.3) is 11.0 Å². The zero-order valence-electron chi connectivity index (χ0n) is 8.41. The second-order valence-electron chi connectivity index (χ2n) is 3.98. The van der Waals surface area contributed by atoms with Gasteiger partial charge in [0.1, 0.15) is 5.82 Å². The molecular weight excluding hydrogens is 192 g/mol. The summed E-state index contributed by atoms with van der Waals surface area (Å²) in [5.74, 6) is 1.69. The molecule has 2 nitrogen and oxygen atoms in total. The van der Waals surface area contributed by atoms with E-state index in [-0.39, 0.29) is 0 Å². The number of aromatic nitrogens is 2. The van der Waals surface area contributed by atoms with E-state index in [4.69, 9.17) is 0 Å². The van der Waals surface area contributed by atoms with Crippen LogP contribution in [-0.2, 0) is 6.42 Å². The molecule has 0 spiro atoms. The van der Waals surface area contributed by atoms with Gasteiger partial charge in [-0.1, -0.05) is 13.8 Å². The molecule has 0 aliphatic carbocycles. The fourth-order valence-electron chi connectivity index (χ4n) is 1.53. The molecule has 0 saturated carbocycles. The molecule has 3 heteroatoms. The molecule has 0 saturated heterocycles. The van der Waals surface area contributed by atoms with Crippen molar-refractivity contribution in [2.45, 2.75) is 25.2 Å². The van der Waals surface area contributed by atoms with Crippen molar-refractivity contribution in [1.82, 2.24) is 9.97 Å². The van der Waals surface area contributed by atoms with Crippen molar-refractivity contribution in [3.8, 4) is 0 Å². The number of fused-ring (bicyclic) bond motifs is 1. The largest absolute Gasteiger partial charge is 0.342 e. The summed E-state index contributed by atoms with van der Waals surface area (Å²) in [6.07, 6.45) is 0.997. The molecule has 0 radical (unpaired) electrons. The number of nitrogens with zero attached hydrogens (tertiary/aromatic N) is 1. The Hall–Kier alpha value is -0.960. The number of nitrogens with one attached hydrogen (secondary N) is 1. The zero-order valence-corrected chi connectivity index (χ0v) is 9.31. The maximum atomic E-state index is 4.50. The van der Waals surface area contributed by atoms with E-state index in [1.165, 1.54) is 0 Å². The van der Waals surface area contributed by atoms with Gasteiger partial charge in [-0.25, -0.2) is 4.98 Å². The number of benzene rings is 1. The molecule has 2 rings (SSSR count). The fraction of sp³-hybridized carbons (Fsp3) is 0.364. The highest BCUT2D eigenvalue weighted by molar-refractivity contribution is 7.80. The number of thiol groups is 1. The summed E-state index contributed by atoms with van der Waals surface area (Å²) in [6.45, 7) is 4.38. The topological polar surface area (TPSA) is 28.7 Å². The third kappa shape index (κ3) is 1.93. The van der Waals surface area contributed by atoms with Crippen molar-refractivity contribution in [3.63, 3.8) is 0 Å². The highest BCUT2D eigenvalue weighted by Crippen LogP contribution is 2.17. The Kier molecular flexibility index (Phi) is 2.50. The molecule has 0 fully saturated rings. The Balaban J connectivity index is 2.41. The Bertz CT molecular complexity index is 445. The molecule has 0 unspecified atom stereocenters. The van der Waals surface area contributed by atoms with Gasteiger partial charge in [-0.15, -0.1) is 12.6 Å². The molecule has 0 aliphatic heterocycles. The number of hydrogen-bond donors (Lipinski definition) is 2. The summed E-state index contributed by atoms with van der Waals surface area (Å²) in [5, 5.41) is 0. The standard InChI is InChI=1S/C11H14N2S/c1-7(2)5-11-12-9-4-3-8(14)6-10(9)13-11/h3-4,6-7,14H,5H2,1-2H3,(H,12,13). The van der Waals surface area contributed by atoms with Crippen molar-refractivity contribution in [2.24, 2.45) is 5.92 Å². The minimum absolute atomic E-state index is 0.631. The monoisotopic (exact) mass is 206 g/mol. The van der Waals surface area contributed by atoms with Crippen LogP contribution < -0.4 is 0 Å². The summed E-state index contributed by atoms with van der Waals surface area (Å²) in [4.78, 5) is 8.78. The van der Waals surface area contributed by atoms with E-state index in [1.807, 2.05) is 18.2 Å². The number of imidazole rings is 1. The Labute approximate surface area is 89.2 Å². The number of aromatic amines is 1. The van der Waals surface area contributed by atoms with Gasteiger partial charge < -0.3 is 4.98 Å². The highest BCUT2D eigenvalue weighted by atomic mass is 32.1. The molecule has 1 aromatic heterocycles. The lowest BCUT2D eigenvalue weighted by Gasteiger charge is -1.98. The molecule has 1 aromatic carbocycles. The second kappa shape index (κ2) is 3.65. The van der Waals surface area contributed by atoms with Crippen molar-refractivity contribution in [1.29, 1.82) is 0 Å². The zero-order chi connectivity index (χ0) is 10.1. The van der Waals surface area contributed by atoms with Crippen LogP contribution >= 0.6 is 12.6 Å². The third-order valence-electron chi connectivity index (χ3n) is 2.12. The minimum atomic E-state index is 0.631.